The summed E-state index contributed by atoms with van der Waals surface area (Å²) in [5, 5.41) is 0. The van der Waals surface area contributed by atoms with Crippen molar-refractivity contribution in [1.82, 2.24) is 0 Å². The van der Waals surface area contributed by atoms with Crippen molar-refractivity contribution in [3.63, 3.8) is 0 Å². The van der Waals surface area contributed by atoms with Gasteiger partial charge in [0.2, 0.25) is 0 Å². The molecule has 1 aromatic rings. The van der Waals surface area contributed by atoms with Crippen LogP contribution in [0.2, 0.25) is 0 Å². The molecule has 1 heteroatoms. The Balaban J connectivity index is 3.12. The monoisotopic (exact) mass is 191 g/mol. The number of hydrogen-bond acceptors (Lipinski definition) is 1. The molecule has 1 nitrogen and oxygen atoms in total. The summed E-state index contributed by atoms with van der Waals surface area (Å²) >= 11 is 0. The first kappa shape index (κ1) is 11.3. The Bertz CT molecular complexity index is 304. The molecule has 0 saturated heterocycles. The summed E-state index contributed by atoms with van der Waals surface area (Å²) in [6.45, 7) is 8.64. The van der Waals surface area contributed by atoms with Crippen LogP contribution in [0.4, 0.5) is 0 Å². The molecule has 0 aliphatic rings. The lowest BCUT2D eigenvalue weighted by Crippen LogP contribution is -2.41. The molecule has 1 aromatic carbocycles. The summed E-state index contributed by atoms with van der Waals surface area (Å²) in [6.07, 6.45) is 0.980. The molecule has 0 spiro atoms. The number of aryl methyl sites for hydroxylation is 1. The van der Waals surface area contributed by atoms with Crippen LogP contribution in [-0.4, -0.2) is 0 Å². The topological polar surface area (TPSA) is 26.0 Å². The second kappa shape index (κ2) is 4.14. The molecule has 0 aliphatic heterocycles. The number of benzene rings is 1. The molecule has 0 bridgehead atoms. The molecule has 0 radical (unpaired) electrons. The third-order valence-corrected chi connectivity index (χ3v) is 3.17. The van der Waals surface area contributed by atoms with Crippen LogP contribution in [-0.2, 0) is 5.54 Å². The zero-order chi connectivity index (χ0) is 10.8. The minimum atomic E-state index is -0.175. The Hall–Kier alpha value is -0.820. The number of nitrogens with two attached hydrogens (primary N) is 1. The van der Waals surface area contributed by atoms with Gasteiger partial charge >= 0.3 is 0 Å². The van der Waals surface area contributed by atoms with Crippen LogP contribution >= 0.6 is 0 Å². The average Bonchev–Trinajstić information content (AvgIpc) is 2.16. The Morgan fingerprint density at radius 3 is 2.43 bits per heavy atom. The molecule has 0 aliphatic carbocycles. The van der Waals surface area contributed by atoms with Gasteiger partial charge in [0.25, 0.3) is 0 Å². The van der Waals surface area contributed by atoms with E-state index in [1.54, 1.807) is 0 Å². The number of rotatable bonds is 3. The van der Waals surface area contributed by atoms with Crippen molar-refractivity contribution >= 4 is 0 Å². The molecule has 0 heterocycles. The molecule has 1 atom stereocenters. The molecule has 0 fully saturated rings. The van der Waals surface area contributed by atoms with E-state index in [9.17, 15) is 0 Å². The second-order valence-corrected chi connectivity index (χ2v) is 4.42. The lowest BCUT2D eigenvalue weighted by atomic mass is 9.78. The smallest absolute Gasteiger partial charge is 0.0430 e. The first-order valence-electron chi connectivity index (χ1n) is 5.36. The molecule has 1 unspecified atom stereocenters. The van der Waals surface area contributed by atoms with Gasteiger partial charge in [-0.15, -0.1) is 0 Å². The normalized spacial score (nSPS) is 15.6. The molecule has 0 saturated carbocycles. The largest absolute Gasteiger partial charge is 0.321 e. The van der Waals surface area contributed by atoms with Gasteiger partial charge < -0.3 is 5.73 Å². The van der Waals surface area contributed by atoms with Crippen molar-refractivity contribution in [2.75, 3.05) is 0 Å². The van der Waals surface area contributed by atoms with Gasteiger partial charge in [-0.2, -0.15) is 0 Å². The Morgan fingerprint density at radius 1 is 1.36 bits per heavy atom. The van der Waals surface area contributed by atoms with Gasteiger partial charge in [0.05, 0.1) is 0 Å². The predicted octanol–water partition coefficient (Wildman–Crippen LogP) is 3.22. The van der Waals surface area contributed by atoms with Crippen LogP contribution in [0.3, 0.4) is 0 Å². The summed E-state index contributed by atoms with van der Waals surface area (Å²) in [4.78, 5) is 0. The maximum Gasteiger partial charge on any atom is 0.0430 e. The highest BCUT2D eigenvalue weighted by Crippen LogP contribution is 2.30. The molecular weight excluding hydrogens is 170 g/mol. The van der Waals surface area contributed by atoms with Crippen molar-refractivity contribution in [3.8, 4) is 0 Å². The highest BCUT2D eigenvalue weighted by atomic mass is 14.7. The van der Waals surface area contributed by atoms with E-state index in [1.807, 2.05) is 0 Å². The summed E-state index contributed by atoms with van der Waals surface area (Å²) in [6, 6.07) is 8.53. The van der Waals surface area contributed by atoms with Gasteiger partial charge in [0.1, 0.15) is 0 Å². The minimum absolute atomic E-state index is 0.175. The maximum atomic E-state index is 6.43. The van der Waals surface area contributed by atoms with Crippen LogP contribution in [0.5, 0.6) is 0 Å². The fourth-order valence-corrected chi connectivity index (χ4v) is 1.88. The van der Waals surface area contributed by atoms with Crippen LogP contribution in [0, 0.1) is 12.8 Å². The van der Waals surface area contributed by atoms with Crippen LogP contribution < -0.4 is 5.73 Å². The number of hydrogen-bond donors (Lipinski definition) is 1. The standard InChI is InChI=1S/C13H21N/c1-5-13(14,10(2)3)12-8-6-7-11(4)9-12/h6-10H,5,14H2,1-4H3. The molecule has 0 amide bonds. The summed E-state index contributed by atoms with van der Waals surface area (Å²) in [5.74, 6) is 0.467. The average molecular weight is 191 g/mol. The van der Waals surface area contributed by atoms with Crippen LogP contribution in [0.25, 0.3) is 0 Å². The van der Waals surface area contributed by atoms with E-state index >= 15 is 0 Å². The predicted molar refractivity (Wildman–Crippen MR) is 62.2 cm³/mol. The van der Waals surface area contributed by atoms with Gasteiger partial charge in [-0.1, -0.05) is 50.6 Å². The zero-order valence-electron chi connectivity index (χ0n) is 9.67. The van der Waals surface area contributed by atoms with Crippen molar-refractivity contribution in [2.24, 2.45) is 11.7 Å². The highest BCUT2D eigenvalue weighted by molar-refractivity contribution is 5.29. The fourth-order valence-electron chi connectivity index (χ4n) is 1.88. The van der Waals surface area contributed by atoms with Crippen molar-refractivity contribution < 1.29 is 0 Å². The first-order chi connectivity index (χ1) is 6.50. The van der Waals surface area contributed by atoms with E-state index in [4.69, 9.17) is 5.73 Å². The Morgan fingerprint density at radius 2 is 2.00 bits per heavy atom. The summed E-state index contributed by atoms with van der Waals surface area (Å²) in [7, 11) is 0. The van der Waals surface area contributed by atoms with Gasteiger partial charge in [-0.05, 0) is 24.8 Å². The Kier molecular flexibility index (Phi) is 3.33. The SMILES string of the molecule is CCC(N)(c1cccc(C)c1)C(C)C. The maximum absolute atomic E-state index is 6.43. The second-order valence-electron chi connectivity index (χ2n) is 4.42. The lowest BCUT2D eigenvalue weighted by Gasteiger charge is -2.33. The molecule has 1 rings (SSSR count). The third-order valence-electron chi connectivity index (χ3n) is 3.17. The van der Waals surface area contributed by atoms with Gasteiger partial charge in [0, 0.05) is 5.54 Å². The summed E-state index contributed by atoms with van der Waals surface area (Å²) < 4.78 is 0. The van der Waals surface area contributed by atoms with E-state index < -0.39 is 0 Å². The molecule has 2 N–H and O–H groups in total. The van der Waals surface area contributed by atoms with Crippen molar-refractivity contribution in [2.45, 2.75) is 39.7 Å². The molecule has 0 aromatic heterocycles. The quantitative estimate of drug-likeness (QED) is 0.780. The van der Waals surface area contributed by atoms with Gasteiger partial charge in [0.15, 0.2) is 0 Å². The van der Waals surface area contributed by atoms with E-state index in [2.05, 4.69) is 52.0 Å². The van der Waals surface area contributed by atoms with Crippen LogP contribution in [0.15, 0.2) is 24.3 Å². The molecule has 78 valence electrons. The molecular formula is C13H21N. The van der Waals surface area contributed by atoms with Gasteiger partial charge in [-0.3, -0.25) is 0 Å². The third kappa shape index (κ3) is 1.98. The fraction of sp³-hybridized carbons (Fsp3) is 0.538. The molecule has 14 heavy (non-hydrogen) atoms. The van der Waals surface area contributed by atoms with Crippen molar-refractivity contribution in [1.29, 1.82) is 0 Å². The van der Waals surface area contributed by atoms with Crippen molar-refractivity contribution in [3.05, 3.63) is 35.4 Å². The lowest BCUT2D eigenvalue weighted by molar-refractivity contribution is 0.306. The van der Waals surface area contributed by atoms with Gasteiger partial charge in [-0.25, -0.2) is 0 Å². The summed E-state index contributed by atoms with van der Waals surface area (Å²) in [5.41, 5.74) is 8.80. The van der Waals surface area contributed by atoms with E-state index in [1.165, 1.54) is 11.1 Å². The van der Waals surface area contributed by atoms with E-state index in [0.717, 1.165) is 6.42 Å². The zero-order valence-corrected chi connectivity index (χ0v) is 9.67. The first-order valence-corrected chi connectivity index (χ1v) is 5.36. The van der Waals surface area contributed by atoms with Crippen LogP contribution in [0.1, 0.15) is 38.3 Å². The highest BCUT2D eigenvalue weighted by Gasteiger charge is 2.28. The van der Waals surface area contributed by atoms with E-state index in [0.29, 0.717) is 5.92 Å². The van der Waals surface area contributed by atoms with E-state index in [-0.39, 0.29) is 5.54 Å². The minimum Gasteiger partial charge on any atom is -0.321 e. The Labute approximate surface area is 87.3 Å².